The van der Waals surface area contributed by atoms with Crippen molar-refractivity contribution in [3.8, 4) is 23.7 Å². The number of aromatic nitrogens is 2. The third-order valence-corrected chi connectivity index (χ3v) is 8.97. The molecule has 1 aliphatic carbocycles. The molecule has 1 saturated carbocycles. The number of carbonyl (C=O) groups excluding carboxylic acids is 2. The van der Waals surface area contributed by atoms with E-state index in [1.807, 2.05) is 0 Å². The lowest BCUT2D eigenvalue weighted by Gasteiger charge is -2.40. The number of piperidine rings is 1. The van der Waals surface area contributed by atoms with Crippen molar-refractivity contribution in [2.24, 2.45) is 11.8 Å². The van der Waals surface area contributed by atoms with Gasteiger partial charge < -0.3 is 25.3 Å². The van der Waals surface area contributed by atoms with Gasteiger partial charge in [0.1, 0.15) is 17.8 Å². The number of imidazole rings is 1. The molecule has 2 fully saturated rings. The molecule has 2 amide bonds. The van der Waals surface area contributed by atoms with Crippen LogP contribution in [-0.4, -0.2) is 78.3 Å². The van der Waals surface area contributed by atoms with Gasteiger partial charge in [0.05, 0.1) is 42.8 Å². The van der Waals surface area contributed by atoms with Crippen LogP contribution in [0, 0.1) is 35.0 Å². The van der Waals surface area contributed by atoms with Gasteiger partial charge in [-0.3, -0.25) is 14.5 Å². The molecule has 0 bridgehead atoms. The van der Waals surface area contributed by atoms with E-state index in [1.54, 1.807) is 24.3 Å². The number of benzene rings is 2. The highest BCUT2D eigenvalue weighted by atomic mass is 19.4. The first kappa shape index (κ1) is 33.6. The smallest absolute Gasteiger partial charge is 0.406 e. The molecule has 248 valence electrons. The van der Waals surface area contributed by atoms with Gasteiger partial charge in [0, 0.05) is 49.3 Å². The summed E-state index contributed by atoms with van der Waals surface area (Å²) >= 11 is 0. The third kappa shape index (κ3) is 7.98. The minimum absolute atomic E-state index is 0.0986. The standard InChI is InChI=1S/C34H38F3N7O3/c1-21-18-43(25-8-6-23(13-25)17-38)12-10-27(21)42-33(46)26-14-22(15-29-31(26)41-20-44(29)19-34(35,36)37)5-4-11-40-28-16-24(32(45)39-2)7-9-30(28)47-3/h7,9,14-16,20-21,23,25,27,40H,6,8,10-13,18-19H2,1-3H3,(H,39,45)(H,42,46)/t21-,23?,25?,27-/m0/s1. The minimum atomic E-state index is -4.49. The number of nitrogens with one attached hydrogen (secondary N) is 3. The summed E-state index contributed by atoms with van der Waals surface area (Å²) in [5.74, 6) is 5.98. The Hall–Kier alpha value is -4.75. The molecule has 4 atom stereocenters. The quantitative estimate of drug-likeness (QED) is 0.306. The predicted molar refractivity (Wildman–Crippen MR) is 171 cm³/mol. The largest absolute Gasteiger partial charge is 0.495 e. The van der Waals surface area contributed by atoms with Crippen LogP contribution in [0.15, 0.2) is 36.7 Å². The molecule has 2 aliphatic rings. The maximum atomic E-state index is 13.7. The molecular formula is C34H38F3N7O3. The first-order chi connectivity index (χ1) is 22.5. The maximum absolute atomic E-state index is 13.7. The van der Waals surface area contributed by atoms with Crippen LogP contribution in [0.4, 0.5) is 18.9 Å². The SMILES string of the molecule is CNC(=O)c1ccc(OC)c(NCC#Cc2cc(C(=O)N[C@H]3CCN(C4CCC(C#N)C4)C[C@@H]3C)c3ncn(CC(F)(F)F)c3c2)c1. The zero-order valence-electron chi connectivity index (χ0n) is 26.6. The van der Waals surface area contributed by atoms with E-state index in [-0.39, 0.29) is 46.9 Å². The lowest BCUT2D eigenvalue weighted by atomic mass is 9.92. The van der Waals surface area contributed by atoms with Gasteiger partial charge in [-0.15, -0.1) is 0 Å². The number of rotatable bonds is 8. The molecule has 13 heteroatoms. The van der Waals surface area contributed by atoms with Gasteiger partial charge in [-0.25, -0.2) is 4.98 Å². The molecule has 1 saturated heterocycles. The number of methoxy groups -OCH3 is 1. The average molecular weight is 650 g/mol. The number of nitrogens with zero attached hydrogens (tertiary/aromatic N) is 4. The van der Waals surface area contributed by atoms with Crippen LogP contribution < -0.4 is 20.7 Å². The van der Waals surface area contributed by atoms with Crippen molar-refractivity contribution < 1.29 is 27.5 Å². The number of likely N-dealkylation sites (tertiary alicyclic amines) is 1. The predicted octanol–water partition coefficient (Wildman–Crippen LogP) is 4.56. The van der Waals surface area contributed by atoms with Gasteiger partial charge in [-0.05, 0) is 61.9 Å². The zero-order chi connectivity index (χ0) is 33.7. The highest BCUT2D eigenvalue weighted by Gasteiger charge is 2.35. The molecule has 2 aromatic carbocycles. The Morgan fingerprint density at radius 3 is 2.64 bits per heavy atom. The fourth-order valence-electron chi connectivity index (χ4n) is 6.52. The lowest BCUT2D eigenvalue weighted by Crippen LogP contribution is -2.52. The van der Waals surface area contributed by atoms with E-state index in [0.717, 1.165) is 49.7 Å². The molecule has 3 N–H and O–H groups in total. The minimum Gasteiger partial charge on any atom is -0.495 e. The topological polar surface area (TPSA) is 124 Å². The van der Waals surface area contributed by atoms with E-state index in [1.165, 1.54) is 20.2 Å². The van der Waals surface area contributed by atoms with Crippen molar-refractivity contribution in [1.82, 2.24) is 25.1 Å². The Morgan fingerprint density at radius 2 is 1.96 bits per heavy atom. The van der Waals surface area contributed by atoms with Crippen LogP contribution >= 0.6 is 0 Å². The second-order valence-electron chi connectivity index (χ2n) is 12.2. The Bertz CT molecular complexity index is 1740. The molecule has 2 unspecified atom stereocenters. The van der Waals surface area contributed by atoms with E-state index in [4.69, 9.17) is 4.74 Å². The second kappa shape index (κ2) is 14.3. The maximum Gasteiger partial charge on any atom is 0.406 e. The molecule has 47 heavy (non-hydrogen) atoms. The summed E-state index contributed by atoms with van der Waals surface area (Å²) in [6, 6.07) is 10.6. The lowest BCUT2D eigenvalue weighted by molar-refractivity contribution is -0.139. The van der Waals surface area contributed by atoms with Crippen LogP contribution in [0.1, 0.15) is 58.9 Å². The van der Waals surface area contributed by atoms with Crippen molar-refractivity contribution in [2.75, 3.05) is 39.1 Å². The van der Waals surface area contributed by atoms with Gasteiger partial charge in [-0.1, -0.05) is 18.8 Å². The number of ether oxygens (including phenoxy) is 1. The summed E-state index contributed by atoms with van der Waals surface area (Å²) in [5, 5.41) is 18.1. The van der Waals surface area contributed by atoms with Crippen molar-refractivity contribution in [1.29, 1.82) is 5.26 Å². The Morgan fingerprint density at radius 1 is 1.15 bits per heavy atom. The van der Waals surface area contributed by atoms with Gasteiger partial charge in [0.25, 0.3) is 11.8 Å². The fourth-order valence-corrected chi connectivity index (χ4v) is 6.52. The highest BCUT2D eigenvalue weighted by Crippen LogP contribution is 2.32. The summed E-state index contributed by atoms with van der Waals surface area (Å²) < 4.78 is 46.5. The molecule has 1 aliphatic heterocycles. The number of halogens is 3. The van der Waals surface area contributed by atoms with E-state index >= 15 is 0 Å². The van der Waals surface area contributed by atoms with Crippen LogP contribution in [0.5, 0.6) is 5.75 Å². The van der Waals surface area contributed by atoms with Crippen LogP contribution in [0.25, 0.3) is 11.0 Å². The summed E-state index contributed by atoms with van der Waals surface area (Å²) in [6.45, 7) is 2.53. The molecular weight excluding hydrogens is 611 g/mol. The van der Waals surface area contributed by atoms with Crippen LogP contribution in [-0.2, 0) is 6.54 Å². The number of carbonyl (C=O) groups is 2. The third-order valence-electron chi connectivity index (χ3n) is 8.97. The van der Waals surface area contributed by atoms with Gasteiger partial charge >= 0.3 is 6.18 Å². The van der Waals surface area contributed by atoms with Crippen molar-refractivity contribution in [2.45, 2.75) is 57.4 Å². The molecule has 10 nitrogen and oxygen atoms in total. The van der Waals surface area contributed by atoms with E-state index in [9.17, 15) is 28.0 Å². The van der Waals surface area contributed by atoms with Gasteiger partial charge in [-0.2, -0.15) is 18.4 Å². The number of hydrogen-bond acceptors (Lipinski definition) is 7. The molecule has 2 heterocycles. The van der Waals surface area contributed by atoms with Gasteiger partial charge in [0.15, 0.2) is 0 Å². The number of hydrogen-bond donors (Lipinski definition) is 3. The summed E-state index contributed by atoms with van der Waals surface area (Å²) in [7, 11) is 3.03. The zero-order valence-corrected chi connectivity index (χ0v) is 26.6. The van der Waals surface area contributed by atoms with Gasteiger partial charge in [0.2, 0.25) is 0 Å². The molecule has 1 aromatic heterocycles. The summed E-state index contributed by atoms with van der Waals surface area (Å²) in [4.78, 5) is 32.4. The first-order valence-corrected chi connectivity index (χ1v) is 15.6. The highest BCUT2D eigenvalue weighted by molar-refractivity contribution is 6.05. The number of amides is 2. The molecule has 3 aromatic rings. The van der Waals surface area contributed by atoms with E-state index in [0.29, 0.717) is 28.6 Å². The van der Waals surface area contributed by atoms with Crippen LogP contribution in [0.2, 0.25) is 0 Å². The molecule has 5 rings (SSSR count). The van der Waals surface area contributed by atoms with Crippen molar-refractivity contribution in [3.05, 3.63) is 53.3 Å². The Kier molecular flexibility index (Phi) is 10.3. The van der Waals surface area contributed by atoms with Crippen molar-refractivity contribution in [3.63, 3.8) is 0 Å². The fraction of sp³-hybridized carbons (Fsp3) is 0.471. The average Bonchev–Trinajstić information content (AvgIpc) is 3.70. The summed E-state index contributed by atoms with van der Waals surface area (Å²) in [5.41, 5.74) is 1.81. The second-order valence-corrected chi connectivity index (χ2v) is 12.2. The number of nitriles is 1. The Labute approximate surface area is 271 Å². The molecule has 0 radical (unpaired) electrons. The monoisotopic (exact) mass is 649 g/mol. The summed E-state index contributed by atoms with van der Waals surface area (Å²) in [6.07, 6.45) is 0.119. The number of fused-ring (bicyclic) bond motifs is 1. The molecule has 0 spiro atoms. The number of alkyl halides is 3. The number of anilines is 1. The normalized spacial score (nSPS) is 21.4. The Balaban J connectivity index is 1.35. The van der Waals surface area contributed by atoms with Crippen molar-refractivity contribution >= 4 is 28.5 Å². The van der Waals surface area contributed by atoms with E-state index < -0.39 is 18.6 Å². The van der Waals surface area contributed by atoms with E-state index in [2.05, 4.69) is 50.7 Å². The first-order valence-electron chi connectivity index (χ1n) is 15.6. The van der Waals surface area contributed by atoms with Crippen LogP contribution in [0.3, 0.4) is 0 Å².